The second kappa shape index (κ2) is 6.00. The SMILES string of the molecule is NCCc1cc(F)c(C2=CCN(C(=O)O)CC2)cc1F. The van der Waals surface area contributed by atoms with Crippen molar-refractivity contribution in [1.29, 1.82) is 0 Å². The van der Waals surface area contributed by atoms with E-state index in [-0.39, 0.29) is 37.2 Å². The lowest BCUT2D eigenvalue weighted by atomic mass is 9.97. The highest BCUT2D eigenvalue weighted by Crippen LogP contribution is 2.27. The van der Waals surface area contributed by atoms with Crippen LogP contribution in [0.4, 0.5) is 13.6 Å². The molecule has 2 rings (SSSR count). The molecule has 1 amide bonds. The molecule has 0 fully saturated rings. The van der Waals surface area contributed by atoms with E-state index in [0.717, 1.165) is 0 Å². The molecular formula is C14H16F2N2O2. The van der Waals surface area contributed by atoms with Crippen LogP contribution in [0.25, 0.3) is 5.57 Å². The van der Waals surface area contributed by atoms with Crippen molar-refractivity contribution >= 4 is 11.7 Å². The summed E-state index contributed by atoms with van der Waals surface area (Å²) < 4.78 is 27.8. The number of nitrogens with two attached hydrogens (primary N) is 1. The van der Waals surface area contributed by atoms with E-state index >= 15 is 0 Å². The Balaban J connectivity index is 2.26. The number of benzene rings is 1. The fraction of sp³-hybridized carbons (Fsp3) is 0.357. The molecule has 0 aliphatic carbocycles. The number of nitrogens with zero attached hydrogens (tertiary/aromatic N) is 1. The number of amides is 1. The lowest BCUT2D eigenvalue weighted by Crippen LogP contribution is -2.33. The summed E-state index contributed by atoms with van der Waals surface area (Å²) in [7, 11) is 0. The van der Waals surface area contributed by atoms with Crippen molar-refractivity contribution < 1.29 is 18.7 Å². The van der Waals surface area contributed by atoms with E-state index in [1.54, 1.807) is 6.08 Å². The molecule has 20 heavy (non-hydrogen) atoms. The maximum absolute atomic E-state index is 14.0. The van der Waals surface area contributed by atoms with Gasteiger partial charge < -0.3 is 15.7 Å². The Hall–Kier alpha value is -1.95. The van der Waals surface area contributed by atoms with E-state index in [0.29, 0.717) is 12.0 Å². The molecule has 1 heterocycles. The molecule has 0 radical (unpaired) electrons. The van der Waals surface area contributed by atoms with Gasteiger partial charge >= 0.3 is 6.09 Å². The van der Waals surface area contributed by atoms with Gasteiger partial charge in [0.25, 0.3) is 0 Å². The summed E-state index contributed by atoms with van der Waals surface area (Å²) >= 11 is 0. The third kappa shape index (κ3) is 2.96. The maximum atomic E-state index is 14.0. The minimum absolute atomic E-state index is 0.191. The number of carboxylic acid groups (broad SMARTS) is 1. The van der Waals surface area contributed by atoms with Gasteiger partial charge in [0, 0.05) is 18.7 Å². The van der Waals surface area contributed by atoms with E-state index in [1.807, 2.05) is 0 Å². The Morgan fingerprint density at radius 1 is 1.35 bits per heavy atom. The van der Waals surface area contributed by atoms with Crippen LogP contribution >= 0.6 is 0 Å². The minimum atomic E-state index is -1.01. The van der Waals surface area contributed by atoms with Crippen LogP contribution in [-0.2, 0) is 6.42 Å². The average Bonchev–Trinajstić information content (AvgIpc) is 2.43. The molecule has 108 valence electrons. The predicted molar refractivity (Wildman–Crippen MR) is 71.3 cm³/mol. The summed E-state index contributed by atoms with van der Waals surface area (Å²) in [6.07, 6.45) is 1.27. The van der Waals surface area contributed by atoms with Crippen molar-refractivity contribution in [2.45, 2.75) is 12.8 Å². The smallest absolute Gasteiger partial charge is 0.407 e. The summed E-state index contributed by atoms with van der Waals surface area (Å²) in [4.78, 5) is 12.0. The van der Waals surface area contributed by atoms with Crippen molar-refractivity contribution in [1.82, 2.24) is 4.90 Å². The van der Waals surface area contributed by atoms with Crippen molar-refractivity contribution in [3.05, 3.63) is 41.0 Å². The van der Waals surface area contributed by atoms with E-state index in [1.165, 1.54) is 17.0 Å². The van der Waals surface area contributed by atoms with Gasteiger partial charge in [-0.15, -0.1) is 0 Å². The fourth-order valence-electron chi connectivity index (χ4n) is 2.27. The molecule has 0 aromatic heterocycles. The van der Waals surface area contributed by atoms with Gasteiger partial charge in [0.05, 0.1) is 0 Å². The van der Waals surface area contributed by atoms with Crippen LogP contribution in [0.1, 0.15) is 17.5 Å². The predicted octanol–water partition coefficient (Wildman–Crippen LogP) is 2.23. The molecule has 6 heteroatoms. The Labute approximate surface area is 115 Å². The largest absolute Gasteiger partial charge is 0.465 e. The monoisotopic (exact) mass is 282 g/mol. The number of carbonyl (C=O) groups is 1. The van der Waals surface area contributed by atoms with Gasteiger partial charge in [-0.25, -0.2) is 13.6 Å². The van der Waals surface area contributed by atoms with Crippen molar-refractivity contribution in [2.75, 3.05) is 19.6 Å². The number of halogens is 2. The molecule has 1 aromatic rings. The lowest BCUT2D eigenvalue weighted by Gasteiger charge is -2.24. The molecule has 1 aromatic carbocycles. The highest BCUT2D eigenvalue weighted by molar-refractivity contribution is 5.71. The normalized spacial score (nSPS) is 15.2. The van der Waals surface area contributed by atoms with Crippen LogP contribution < -0.4 is 5.73 Å². The Morgan fingerprint density at radius 3 is 2.65 bits per heavy atom. The minimum Gasteiger partial charge on any atom is -0.465 e. The Morgan fingerprint density at radius 2 is 2.10 bits per heavy atom. The summed E-state index contributed by atoms with van der Waals surface area (Å²) in [5.41, 5.74) is 6.44. The topological polar surface area (TPSA) is 66.6 Å². The Kier molecular flexibility index (Phi) is 4.34. The van der Waals surface area contributed by atoms with Crippen molar-refractivity contribution in [3.8, 4) is 0 Å². The van der Waals surface area contributed by atoms with Gasteiger partial charge in [-0.2, -0.15) is 0 Å². The quantitative estimate of drug-likeness (QED) is 0.893. The van der Waals surface area contributed by atoms with Crippen LogP contribution in [-0.4, -0.2) is 35.7 Å². The van der Waals surface area contributed by atoms with E-state index in [2.05, 4.69) is 0 Å². The molecular weight excluding hydrogens is 266 g/mol. The van der Waals surface area contributed by atoms with E-state index < -0.39 is 17.7 Å². The fourth-order valence-corrected chi connectivity index (χ4v) is 2.27. The van der Waals surface area contributed by atoms with Crippen LogP contribution in [0.2, 0.25) is 0 Å². The van der Waals surface area contributed by atoms with Gasteiger partial charge in [0.15, 0.2) is 0 Å². The van der Waals surface area contributed by atoms with Crippen LogP contribution in [0.15, 0.2) is 18.2 Å². The molecule has 3 N–H and O–H groups in total. The first-order valence-corrected chi connectivity index (χ1v) is 6.38. The second-order valence-corrected chi connectivity index (χ2v) is 4.67. The first-order valence-electron chi connectivity index (χ1n) is 6.38. The first kappa shape index (κ1) is 14.5. The number of hydrogen-bond acceptors (Lipinski definition) is 2. The Bertz CT molecular complexity index is 558. The van der Waals surface area contributed by atoms with Gasteiger partial charge in [-0.05, 0) is 42.7 Å². The average molecular weight is 282 g/mol. The molecule has 4 nitrogen and oxygen atoms in total. The summed E-state index contributed by atoms with van der Waals surface area (Å²) in [5, 5.41) is 8.84. The third-order valence-corrected chi connectivity index (χ3v) is 3.38. The van der Waals surface area contributed by atoms with Crippen LogP contribution in [0, 0.1) is 11.6 Å². The highest BCUT2D eigenvalue weighted by Gasteiger charge is 2.19. The third-order valence-electron chi connectivity index (χ3n) is 3.38. The number of hydrogen-bond donors (Lipinski definition) is 2. The molecule has 0 saturated heterocycles. The zero-order chi connectivity index (χ0) is 14.7. The van der Waals surface area contributed by atoms with Gasteiger partial charge in [0.1, 0.15) is 11.6 Å². The first-order chi connectivity index (χ1) is 9.52. The van der Waals surface area contributed by atoms with Crippen molar-refractivity contribution in [2.24, 2.45) is 5.73 Å². The van der Waals surface area contributed by atoms with Gasteiger partial charge in [-0.3, -0.25) is 0 Å². The summed E-state index contributed by atoms with van der Waals surface area (Å²) in [6.45, 7) is 0.731. The zero-order valence-electron chi connectivity index (χ0n) is 10.9. The lowest BCUT2D eigenvalue weighted by molar-refractivity contribution is 0.150. The molecule has 0 atom stereocenters. The molecule has 0 bridgehead atoms. The second-order valence-electron chi connectivity index (χ2n) is 4.67. The molecule has 0 spiro atoms. The van der Waals surface area contributed by atoms with Gasteiger partial charge in [0.2, 0.25) is 0 Å². The zero-order valence-corrected chi connectivity index (χ0v) is 10.9. The maximum Gasteiger partial charge on any atom is 0.407 e. The molecule has 1 aliphatic heterocycles. The van der Waals surface area contributed by atoms with Crippen LogP contribution in [0.5, 0.6) is 0 Å². The molecule has 0 saturated carbocycles. The van der Waals surface area contributed by atoms with Crippen LogP contribution in [0.3, 0.4) is 0 Å². The molecule has 1 aliphatic rings. The van der Waals surface area contributed by atoms with Gasteiger partial charge in [-0.1, -0.05) is 6.08 Å². The number of rotatable bonds is 3. The standard InChI is InChI=1S/C14H16F2N2O2/c15-12-8-11(13(16)7-10(12)1-4-17)9-2-5-18(6-3-9)14(19)20/h2,7-8H,1,3-6,17H2,(H,19,20). The van der Waals surface area contributed by atoms with E-state index in [9.17, 15) is 13.6 Å². The van der Waals surface area contributed by atoms with Crippen molar-refractivity contribution in [3.63, 3.8) is 0 Å². The molecule has 0 unspecified atom stereocenters. The summed E-state index contributed by atoms with van der Waals surface area (Å²) in [6, 6.07) is 2.34. The highest BCUT2D eigenvalue weighted by atomic mass is 19.1. The van der Waals surface area contributed by atoms with E-state index in [4.69, 9.17) is 10.8 Å². The summed E-state index contributed by atoms with van der Waals surface area (Å²) in [5.74, 6) is -0.974.